The molecule has 0 fully saturated rings. The molecular weight excluding hydrogens is 310 g/mol. The molecule has 1 aromatic carbocycles. The molecule has 3 aromatic rings. The van der Waals surface area contributed by atoms with E-state index in [2.05, 4.69) is 20.3 Å². The van der Waals surface area contributed by atoms with Gasteiger partial charge in [-0.15, -0.1) is 0 Å². The number of rotatable bonds is 5. The van der Waals surface area contributed by atoms with Gasteiger partial charge in [0.15, 0.2) is 0 Å². The van der Waals surface area contributed by atoms with Crippen LogP contribution in [0, 0.1) is 10.1 Å². The van der Waals surface area contributed by atoms with Crippen molar-refractivity contribution in [3.63, 3.8) is 0 Å². The van der Waals surface area contributed by atoms with Crippen molar-refractivity contribution in [2.45, 2.75) is 6.54 Å². The average Bonchev–Trinajstić information content (AvgIpc) is 2.60. The van der Waals surface area contributed by atoms with Gasteiger partial charge < -0.3 is 5.32 Å². The summed E-state index contributed by atoms with van der Waals surface area (Å²) in [4.78, 5) is 33.0. The lowest BCUT2D eigenvalue weighted by Gasteiger charge is -2.07. The summed E-state index contributed by atoms with van der Waals surface area (Å²) in [6.45, 7) is 0.296. The van der Waals surface area contributed by atoms with Crippen molar-refractivity contribution in [1.82, 2.24) is 15.0 Å². The lowest BCUT2D eigenvalue weighted by atomic mass is 10.2. The highest BCUT2D eigenvalue weighted by Gasteiger charge is 2.07. The van der Waals surface area contributed by atoms with E-state index < -0.39 is 4.92 Å². The molecule has 0 spiro atoms. The van der Waals surface area contributed by atoms with E-state index in [-0.39, 0.29) is 11.2 Å². The molecule has 0 aliphatic rings. The van der Waals surface area contributed by atoms with E-state index in [0.717, 1.165) is 5.56 Å². The van der Waals surface area contributed by atoms with Crippen LogP contribution in [0.1, 0.15) is 5.56 Å². The Labute approximate surface area is 136 Å². The summed E-state index contributed by atoms with van der Waals surface area (Å²) in [5.41, 5.74) is 1.72. The average molecular weight is 323 g/mol. The SMILES string of the molecule is O=c1cc(-c2ccncc2)nc(NCc2cccc([N+](=O)[O-])c2)[nH]1. The molecule has 3 rings (SSSR count). The van der Waals surface area contributed by atoms with Gasteiger partial charge in [0.05, 0.1) is 10.6 Å². The molecule has 2 N–H and O–H groups in total. The standard InChI is InChI=1S/C16H13N5O3/c22-15-9-14(12-4-6-17-7-5-12)19-16(20-15)18-10-11-2-1-3-13(8-11)21(23)24/h1-9H,10H2,(H2,18,19,20,22). The fourth-order valence-corrected chi connectivity index (χ4v) is 2.18. The molecule has 8 nitrogen and oxygen atoms in total. The Kier molecular flexibility index (Phi) is 4.28. The Balaban J connectivity index is 1.81. The summed E-state index contributed by atoms with van der Waals surface area (Å²) >= 11 is 0. The first-order valence-electron chi connectivity index (χ1n) is 7.11. The summed E-state index contributed by atoms with van der Waals surface area (Å²) in [6, 6.07) is 11.2. The van der Waals surface area contributed by atoms with Gasteiger partial charge in [-0.05, 0) is 17.7 Å². The molecule has 0 aliphatic heterocycles. The van der Waals surface area contributed by atoms with Gasteiger partial charge in [0, 0.05) is 42.7 Å². The second-order valence-electron chi connectivity index (χ2n) is 5.00. The summed E-state index contributed by atoms with van der Waals surface area (Å²) in [7, 11) is 0. The molecule has 2 heterocycles. The van der Waals surface area contributed by atoms with Gasteiger partial charge in [-0.1, -0.05) is 12.1 Å². The van der Waals surface area contributed by atoms with Crippen LogP contribution in [-0.2, 0) is 6.54 Å². The van der Waals surface area contributed by atoms with Gasteiger partial charge >= 0.3 is 0 Å². The maximum absolute atomic E-state index is 11.8. The molecule has 120 valence electrons. The third-order valence-corrected chi connectivity index (χ3v) is 3.30. The van der Waals surface area contributed by atoms with Crippen molar-refractivity contribution in [1.29, 1.82) is 0 Å². The van der Waals surface area contributed by atoms with Crippen LogP contribution in [-0.4, -0.2) is 19.9 Å². The number of anilines is 1. The summed E-state index contributed by atoms with van der Waals surface area (Å²) < 4.78 is 0. The minimum absolute atomic E-state index is 0.0151. The largest absolute Gasteiger partial charge is 0.352 e. The van der Waals surface area contributed by atoms with Crippen LogP contribution in [0.2, 0.25) is 0 Å². The number of hydrogen-bond acceptors (Lipinski definition) is 6. The molecule has 0 aliphatic carbocycles. The Bertz CT molecular complexity index is 924. The number of H-pyrrole nitrogens is 1. The first-order valence-corrected chi connectivity index (χ1v) is 7.11. The lowest BCUT2D eigenvalue weighted by molar-refractivity contribution is -0.384. The van der Waals surface area contributed by atoms with E-state index in [1.165, 1.54) is 18.2 Å². The molecule has 0 radical (unpaired) electrons. The number of benzene rings is 1. The van der Waals surface area contributed by atoms with E-state index in [0.29, 0.717) is 23.8 Å². The topological polar surface area (TPSA) is 114 Å². The van der Waals surface area contributed by atoms with Crippen LogP contribution < -0.4 is 10.9 Å². The highest BCUT2D eigenvalue weighted by Crippen LogP contribution is 2.16. The molecule has 2 aromatic heterocycles. The quantitative estimate of drug-likeness (QED) is 0.550. The Hall–Kier alpha value is -3.55. The van der Waals surface area contributed by atoms with Crippen LogP contribution in [0.5, 0.6) is 0 Å². The number of nitrogens with one attached hydrogen (secondary N) is 2. The third kappa shape index (κ3) is 3.61. The zero-order valence-corrected chi connectivity index (χ0v) is 12.5. The lowest BCUT2D eigenvalue weighted by Crippen LogP contribution is -2.12. The first-order chi connectivity index (χ1) is 11.6. The molecule has 0 saturated carbocycles. The predicted molar refractivity (Wildman–Crippen MR) is 88.5 cm³/mol. The van der Waals surface area contributed by atoms with Crippen LogP contribution in [0.3, 0.4) is 0 Å². The third-order valence-electron chi connectivity index (χ3n) is 3.30. The monoisotopic (exact) mass is 323 g/mol. The van der Waals surface area contributed by atoms with E-state index in [1.54, 1.807) is 36.7 Å². The van der Waals surface area contributed by atoms with Gasteiger partial charge in [-0.2, -0.15) is 0 Å². The summed E-state index contributed by atoms with van der Waals surface area (Å²) in [5, 5.41) is 13.8. The number of hydrogen-bond donors (Lipinski definition) is 2. The minimum Gasteiger partial charge on any atom is -0.352 e. The van der Waals surface area contributed by atoms with Crippen LogP contribution >= 0.6 is 0 Å². The molecule has 0 bridgehead atoms. The van der Waals surface area contributed by atoms with Crippen molar-refractivity contribution in [2.24, 2.45) is 0 Å². The second-order valence-corrected chi connectivity index (χ2v) is 5.00. The van der Waals surface area contributed by atoms with Gasteiger partial charge in [0.25, 0.3) is 11.2 Å². The molecular formula is C16H13N5O3. The molecule has 24 heavy (non-hydrogen) atoms. The minimum atomic E-state index is -0.451. The smallest absolute Gasteiger partial charge is 0.269 e. The highest BCUT2D eigenvalue weighted by molar-refractivity contribution is 5.59. The van der Waals surface area contributed by atoms with Crippen molar-refractivity contribution in [3.8, 4) is 11.3 Å². The fraction of sp³-hybridized carbons (Fsp3) is 0.0625. The van der Waals surface area contributed by atoms with Crippen LogP contribution in [0.25, 0.3) is 11.3 Å². The molecule has 0 amide bonds. The summed E-state index contributed by atoms with van der Waals surface area (Å²) in [6.07, 6.45) is 3.24. The maximum Gasteiger partial charge on any atom is 0.269 e. The van der Waals surface area contributed by atoms with Gasteiger partial charge in [0.2, 0.25) is 5.95 Å². The van der Waals surface area contributed by atoms with Crippen molar-refractivity contribution in [3.05, 3.63) is 80.9 Å². The molecule has 0 unspecified atom stereocenters. The van der Waals surface area contributed by atoms with Crippen molar-refractivity contribution >= 4 is 11.6 Å². The molecule has 8 heteroatoms. The number of nitro benzene ring substituents is 1. The van der Waals surface area contributed by atoms with E-state index >= 15 is 0 Å². The van der Waals surface area contributed by atoms with Gasteiger partial charge in [0.1, 0.15) is 0 Å². The second kappa shape index (κ2) is 6.69. The van der Waals surface area contributed by atoms with Crippen molar-refractivity contribution in [2.75, 3.05) is 5.32 Å². The summed E-state index contributed by atoms with van der Waals surface area (Å²) in [5.74, 6) is 0.292. The number of aromatic nitrogens is 3. The van der Waals surface area contributed by atoms with Gasteiger partial charge in [-0.3, -0.25) is 24.9 Å². The number of non-ortho nitro benzene ring substituents is 1. The van der Waals surface area contributed by atoms with Crippen LogP contribution in [0.4, 0.5) is 11.6 Å². The maximum atomic E-state index is 11.8. The van der Waals surface area contributed by atoms with Gasteiger partial charge in [-0.25, -0.2) is 4.98 Å². The zero-order valence-electron chi connectivity index (χ0n) is 12.5. The highest BCUT2D eigenvalue weighted by atomic mass is 16.6. The Morgan fingerprint density at radius 2 is 1.96 bits per heavy atom. The number of aromatic amines is 1. The predicted octanol–water partition coefficient (Wildman–Crippen LogP) is 2.35. The Morgan fingerprint density at radius 3 is 2.71 bits per heavy atom. The van der Waals surface area contributed by atoms with E-state index in [1.807, 2.05) is 0 Å². The zero-order chi connectivity index (χ0) is 16.9. The normalized spacial score (nSPS) is 10.3. The molecule has 0 atom stereocenters. The van der Waals surface area contributed by atoms with Crippen LogP contribution in [0.15, 0.2) is 59.7 Å². The van der Waals surface area contributed by atoms with Crippen molar-refractivity contribution < 1.29 is 4.92 Å². The number of pyridine rings is 1. The Morgan fingerprint density at radius 1 is 1.17 bits per heavy atom. The number of nitro groups is 1. The van der Waals surface area contributed by atoms with E-state index in [9.17, 15) is 14.9 Å². The first kappa shape index (κ1) is 15.3. The van der Waals surface area contributed by atoms with E-state index in [4.69, 9.17) is 0 Å². The number of nitrogens with zero attached hydrogens (tertiary/aromatic N) is 3. The molecule has 0 saturated heterocycles. The fourth-order valence-electron chi connectivity index (χ4n) is 2.18.